The molecule has 4 heteroatoms. The van der Waals surface area contributed by atoms with Crippen molar-refractivity contribution in [3.63, 3.8) is 0 Å². The Bertz CT molecular complexity index is 822. The number of quaternary nitrogens is 1. The van der Waals surface area contributed by atoms with Gasteiger partial charge in [-0.05, 0) is 61.9 Å². The summed E-state index contributed by atoms with van der Waals surface area (Å²) in [6.07, 6.45) is 5.14. The number of carbonyl (C=O) groups is 1. The van der Waals surface area contributed by atoms with Crippen molar-refractivity contribution in [1.82, 2.24) is 0 Å². The smallest absolute Gasteiger partial charge is 0.194 e. The predicted molar refractivity (Wildman–Crippen MR) is 119 cm³/mol. The number of hydrogen-bond donors (Lipinski definition) is 0. The van der Waals surface area contributed by atoms with Gasteiger partial charge in [0, 0.05) is 51.1 Å². The van der Waals surface area contributed by atoms with E-state index in [0.717, 1.165) is 36.3 Å². The normalized spacial score (nSPS) is 16.4. The summed E-state index contributed by atoms with van der Waals surface area (Å²) >= 11 is 0. The van der Waals surface area contributed by atoms with Gasteiger partial charge < -0.3 is 9.22 Å². The standard InChI is InChI=1S/C26H36NO2.Y/c1-5-25(26(28)18-24-20(2)11-9-12-21(24)3)27(15-7-6-8-16-27)19-22-13-10-14-23(17-22)29-4;/h9-14,17,25H,5-8,15-16,18-19H2,1-4H3;/q+1;. The van der Waals surface area contributed by atoms with Gasteiger partial charge in [0.05, 0.1) is 20.2 Å². The van der Waals surface area contributed by atoms with Crippen LogP contribution in [-0.2, 0) is 50.5 Å². The number of hydrogen-bond acceptors (Lipinski definition) is 2. The van der Waals surface area contributed by atoms with Crippen molar-refractivity contribution < 1.29 is 46.7 Å². The Morgan fingerprint density at radius 2 is 1.67 bits per heavy atom. The van der Waals surface area contributed by atoms with E-state index in [-0.39, 0.29) is 38.8 Å². The van der Waals surface area contributed by atoms with Crippen molar-refractivity contribution in [3.8, 4) is 5.75 Å². The zero-order valence-electron chi connectivity index (χ0n) is 19.1. The second kappa shape index (κ2) is 11.6. The summed E-state index contributed by atoms with van der Waals surface area (Å²) in [7, 11) is 1.72. The van der Waals surface area contributed by atoms with Crippen molar-refractivity contribution >= 4 is 5.78 Å². The number of likely N-dealkylation sites (tertiary alicyclic amines) is 1. The summed E-state index contributed by atoms with van der Waals surface area (Å²) in [6.45, 7) is 9.53. The van der Waals surface area contributed by atoms with Gasteiger partial charge in [-0.1, -0.05) is 37.3 Å². The fourth-order valence-corrected chi connectivity index (χ4v) is 5.20. The number of methoxy groups -OCH3 is 1. The zero-order valence-corrected chi connectivity index (χ0v) is 22.0. The molecular formula is C26H36NO2Y+. The molecule has 1 radical (unpaired) electrons. The molecule has 0 aromatic heterocycles. The molecule has 0 bridgehead atoms. The molecule has 1 aliphatic rings. The Hall–Kier alpha value is -1.03. The van der Waals surface area contributed by atoms with Gasteiger partial charge >= 0.3 is 0 Å². The number of ketones is 1. The summed E-state index contributed by atoms with van der Waals surface area (Å²) in [5, 5.41) is 0. The van der Waals surface area contributed by atoms with E-state index in [0.29, 0.717) is 12.2 Å². The molecule has 2 aromatic rings. The van der Waals surface area contributed by atoms with Crippen LogP contribution in [0.5, 0.6) is 5.75 Å². The third kappa shape index (κ3) is 5.81. The number of rotatable bonds is 8. The average Bonchev–Trinajstić information content (AvgIpc) is 2.72. The SMILES string of the molecule is CCC(C(=O)Cc1c(C)cccc1C)[N+]1(Cc2cccc(OC)c2)CCCCC1.[Y]. The van der Waals surface area contributed by atoms with Crippen LogP contribution in [-0.4, -0.2) is 36.5 Å². The summed E-state index contributed by atoms with van der Waals surface area (Å²) in [6, 6.07) is 14.8. The third-order valence-electron chi connectivity index (χ3n) is 6.75. The summed E-state index contributed by atoms with van der Waals surface area (Å²) in [5.41, 5.74) is 4.94. The molecule has 0 N–H and O–H groups in total. The van der Waals surface area contributed by atoms with Crippen LogP contribution in [0.25, 0.3) is 0 Å². The Labute approximate surface area is 207 Å². The topological polar surface area (TPSA) is 26.3 Å². The number of benzene rings is 2. The molecule has 0 amide bonds. The first kappa shape index (κ1) is 25.2. The zero-order chi connectivity index (χ0) is 20.9. The van der Waals surface area contributed by atoms with Gasteiger partial charge in [-0.25, -0.2) is 0 Å². The van der Waals surface area contributed by atoms with E-state index in [1.807, 2.05) is 6.07 Å². The maximum Gasteiger partial charge on any atom is 0.194 e. The average molecular weight is 483 g/mol. The fourth-order valence-electron chi connectivity index (χ4n) is 5.20. The van der Waals surface area contributed by atoms with Crippen LogP contribution in [0.4, 0.5) is 0 Å². The van der Waals surface area contributed by atoms with Gasteiger partial charge in [-0.3, -0.25) is 4.79 Å². The van der Waals surface area contributed by atoms with E-state index >= 15 is 0 Å². The molecule has 159 valence electrons. The van der Waals surface area contributed by atoms with Crippen molar-refractivity contribution in [2.45, 2.75) is 65.5 Å². The predicted octanol–water partition coefficient (Wildman–Crippen LogP) is 5.40. The van der Waals surface area contributed by atoms with E-state index in [4.69, 9.17) is 4.74 Å². The van der Waals surface area contributed by atoms with Crippen LogP contribution in [0.1, 0.15) is 54.9 Å². The van der Waals surface area contributed by atoms with Crippen LogP contribution in [0.2, 0.25) is 0 Å². The second-order valence-electron chi connectivity index (χ2n) is 8.67. The minimum atomic E-state index is 0. The van der Waals surface area contributed by atoms with E-state index < -0.39 is 0 Å². The van der Waals surface area contributed by atoms with Gasteiger partial charge in [-0.15, -0.1) is 0 Å². The van der Waals surface area contributed by atoms with Crippen molar-refractivity contribution in [1.29, 1.82) is 0 Å². The van der Waals surface area contributed by atoms with Crippen LogP contribution >= 0.6 is 0 Å². The van der Waals surface area contributed by atoms with Crippen molar-refractivity contribution in [2.75, 3.05) is 20.2 Å². The van der Waals surface area contributed by atoms with E-state index in [2.05, 4.69) is 57.2 Å². The minimum Gasteiger partial charge on any atom is -0.497 e. The first-order valence-electron chi connectivity index (χ1n) is 11.1. The molecule has 0 spiro atoms. The molecule has 3 rings (SSSR count). The molecular weight excluding hydrogens is 447 g/mol. The molecule has 1 unspecified atom stereocenters. The molecule has 1 fully saturated rings. The number of ether oxygens (including phenoxy) is 1. The molecule has 1 saturated heterocycles. The summed E-state index contributed by atoms with van der Waals surface area (Å²) in [5.74, 6) is 1.29. The Morgan fingerprint density at radius 1 is 1.03 bits per heavy atom. The number of piperidine rings is 1. The van der Waals surface area contributed by atoms with E-state index in [1.54, 1.807) is 7.11 Å². The van der Waals surface area contributed by atoms with Gasteiger partial charge in [0.1, 0.15) is 18.3 Å². The van der Waals surface area contributed by atoms with E-state index in [9.17, 15) is 4.79 Å². The summed E-state index contributed by atoms with van der Waals surface area (Å²) in [4.78, 5) is 13.6. The largest absolute Gasteiger partial charge is 0.497 e. The van der Waals surface area contributed by atoms with Crippen molar-refractivity contribution in [3.05, 3.63) is 64.7 Å². The fraction of sp³-hybridized carbons (Fsp3) is 0.500. The maximum absolute atomic E-state index is 13.6. The minimum absolute atomic E-state index is 0. The van der Waals surface area contributed by atoms with Crippen LogP contribution in [0, 0.1) is 13.8 Å². The molecule has 3 nitrogen and oxygen atoms in total. The van der Waals surface area contributed by atoms with Gasteiger partial charge in [0.2, 0.25) is 0 Å². The van der Waals surface area contributed by atoms with Crippen LogP contribution in [0.15, 0.2) is 42.5 Å². The molecule has 2 aromatic carbocycles. The second-order valence-corrected chi connectivity index (χ2v) is 8.67. The number of Topliss-reactive ketones (excluding diaryl/α,β-unsaturated/α-hetero) is 1. The van der Waals surface area contributed by atoms with E-state index in [1.165, 1.54) is 41.5 Å². The molecule has 0 aliphatic carbocycles. The Kier molecular flexibility index (Phi) is 9.72. The molecule has 30 heavy (non-hydrogen) atoms. The number of nitrogens with zero attached hydrogens (tertiary/aromatic N) is 1. The Balaban J connectivity index is 0.00000320. The van der Waals surface area contributed by atoms with Crippen LogP contribution in [0.3, 0.4) is 0 Å². The third-order valence-corrected chi connectivity index (χ3v) is 6.75. The maximum atomic E-state index is 13.6. The number of aryl methyl sites for hydroxylation is 2. The molecule has 1 heterocycles. The molecule has 1 atom stereocenters. The number of carbonyl (C=O) groups excluding carboxylic acids is 1. The summed E-state index contributed by atoms with van der Waals surface area (Å²) < 4.78 is 6.34. The van der Waals surface area contributed by atoms with Crippen molar-refractivity contribution in [2.24, 2.45) is 0 Å². The van der Waals surface area contributed by atoms with Gasteiger partial charge in [0.25, 0.3) is 0 Å². The quantitative estimate of drug-likeness (QED) is 0.470. The first-order chi connectivity index (χ1) is 14.0. The van der Waals surface area contributed by atoms with Gasteiger partial charge in [0.15, 0.2) is 5.78 Å². The van der Waals surface area contributed by atoms with Crippen LogP contribution < -0.4 is 4.74 Å². The van der Waals surface area contributed by atoms with Gasteiger partial charge in [-0.2, -0.15) is 0 Å². The molecule has 0 saturated carbocycles. The Morgan fingerprint density at radius 3 is 2.27 bits per heavy atom. The molecule has 1 aliphatic heterocycles. The first-order valence-corrected chi connectivity index (χ1v) is 11.1. The monoisotopic (exact) mass is 483 g/mol.